The van der Waals surface area contributed by atoms with Crippen LogP contribution in [0.5, 0.6) is 0 Å². The Kier molecular flexibility index (Phi) is 7.15. The highest BCUT2D eigenvalue weighted by Crippen LogP contribution is 2.50. The van der Waals surface area contributed by atoms with Crippen molar-refractivity contribution in [1.29, 1.82) is 0 Å². The zero-order valence-corrected chi connectivity index (χ0v) is 17.9. The fourth-order valence-electron chi connectivity index (χ4n) is 3.30. The van der Waals surface area contributed by atoms with E-state index in [1.165, 1.54) is 17.7 Å². The van der Waals surface area contributed by atoms with Crippen LogP contribution >= 0.6 is 51.5 Å². The second-order valence-corrected chi connectivity index (χ2v) is 7.65. The Labute approximate surface area is 173 Å². The lowest BCUT2D eigenvalue weighted by molar-refractivity contribution is 0.284. The molecule has 1 aromatic heterocycles. The summed E-state index contributed by atoms with van der Waals surface area (Å²) < 4.78 is 2.27. The third kappa shape index (κ3) is 3.82. The predicted molar refractivity (Wildman–Crippen MR) is 115 cm³/mol. The zero-order chi connectivity index (χ0) is 17.2. The minimum absolute atomic E-state index is 0. The van der Waals surface area contributed by atoms with Gasteiger partial charge in [0.05, 0.1) is 16.6 Å². The van der Waals surface area contributed by atoms with Crippen molar-refractivity contribution in [1.82, 2.24) is 4.57 Å². The Hall–Kier alpha value is -0.810. The maximum atomic E-state index is 6.28. The van der Waals surface area contributed by atoms with Gasteiger partial charge in [-0.15, -0.1) is 41.5 Å². The quantitative estimate of drug-likeness (QED) is 0.459. The molecule has 0 saturated heterocycles. The van der Waals surface area contributed by atoms with Crippen molar-refractivity contribution < 1.29 is 0 Å². The fourth-order valence-corrected chi connectivity index (χ4v) is 4.61. The van der Waals surface area contributed by atoms with E-state index in [0.29, 0.717) is 16.6 Å². The van der Waals surface area contributed by atoms with Crippen molar-refractivity contribution in [2.24, 2.45) is 4.99 Å². The lowest BCUT2D eigenvalue weighted by Gasteiger charge is -2.43. The minimum Gasteiger partial charge on any atom is -0.316 e. The van der Waals surface area contributed by atoms with Gasteiger partial charge in [0.25, 0.3) is 0 Å². The van der Waals surface area contributed by atoms with E-state index in [0.717, 1.165) is 24.2 Å². The van der Waals surface area contributed by atoms with Crippen LogP contribution in [0.25, 0.3) is 0 Å². The fraction of sp³-hybridized carbons (Fsp3) is 0.316. The molecule has 0 bridgehead atoms. The van der Waals surface area contributed by atoms with Gasteiger partial charge in [-0.25, -0.2) is 0 Å². The average molecular weight is 460 g/mol. The van der Waals surface area contributed by atoms with Crippen LogP contribution in [0.3, 0.4) is 0 Å². The standard InChI is InChI=1S/C19H20Cl2N2S.BrH/c1-3-10-22-18-23(11-4-2)17(13-24-18)19(8-5-9-19)14-6-7-15(20)16(21)12-14;/h3-4,6-7,12-13H,1-2,5,8-11H2;1H/b22-18-;. The maximum absolute atomic E-state index is 6.28. The summed E-state index contributed by atoms with van der Waals surface area (Å²) in [6.07, 6.45) is 7.17. The first-order valence-electron chi connectivity index (χ1n) is 7.99. The van der Waals surface area contributed by atoms with Crippen LogP contribution in [0.4, 0.5) is 0 Å². The number of nitrogens with zero attached hydrogens (tertiary/aromatic N) is 2. The molecular weight excluding hydrogens is 439 g/mol. The molecule has 134 valence electrons. The van der Waals surface area contributed by atoms with E-state index in [4.69, 9.17) is 23.2 Å². The number of aromatic nitrogens is 1. The SMILES string of the molecule is Br.C=CC/N=c1\scc(C2(c3ccc(Cl)c(Cl)c3)CCC2)n1CC=C. The van der Waals surface area contributed by atoms with Crippen molar-refractivity contribution in [3.8, 4) is 0 Å². The number of halogens is 3. The number of allylic oxidation sites excluding steroid dienone is 1. The first-order chi connectivity index (χ1) is 11.6. The van der Waals surface area contributed by atoms with Crippen molar-refractivity contribution in [3.05, 3.63) is 75.0 Å². The van der Waals surface area contributed by atoms with Crippen molar-refractivity contribution >= 4 is 51.5 Å². The summed E-state index contributed by atoms with van der Waals surface area (Å²) >= 11 is 14.1. The number of rotatable bonds is 6. The Morgan fingerprint density at radius 1 is 1.20 bits per heavy atom. The highest BCUT2D eigenvalue weighted by Gasteiger charge is 2.43. The molecule has 1 aliphatic rings. The van der Waals surface area contributed by atoms with E-state index in [-0.39, 0.29) is 22.4 Å². The van der Waals surface area contributed by atoms with Crippen molar-refractivity contribution in [2.75, 3.05) is 6.54 Å². The third-order valence-corrected chi connectivity index (χ3v) is 6.28. The Morgan fingerprint density at radius 2 is 1.96 bits per heavy atom. The molecule has 0 radical (unpaired) electrons. The van der Waals surface area contributed by atoms with E-state index in [9.17, 15) is 0 Å². The van der Waals surface area contributed by atoms with E-state index in [1.54, 1.807) is 11.3 Å². The highest BCUT2D eigenvalue weighted by molar-refractivity contribution is 8.93. The topological polar surface area (TPSA) is 17.3 Å². The predicted octanol–water partition coefficient (Wildman–Crippen LogP) is 6.18. The Bertz CT molecular complexity index is 834. The summed E-state index contributed by atoms with van der Waals surface area (Å²) in [5.41, 5.74) is 2.52. The van der Waals surface area contributed by atoms with E-state index >= 15 is 0 Å². The molecule has 0 N–H and O–H groups in total. The lowest BCUT2D eigenvalue weighted by atomic mass is 9.62. The molecule has 1 aliphatic carbocycles. The molecule has 1 aromatic carbocycles. The Balaban J connectivity index is 0.00000225. The second kappa shape index (κ2) is 8.72. The van der Waals surface area contributed by atoms with Crippen LogP contribution in [0.2, 0.25) is 10.0 Å². The number of hydrogen-bond donors (Lipinski definition) is 0. The van der Waals surface area contributed by atoms with Crippen LogP contribution in [-0.4, -0.2) is 11.1 Å². The number of hydrogen-bond acceptors (Lipinski definition) is 2. The molecular formula is C19H21BrCl2N2S. The maximum Gasteiger partial charge on any atom is 0.185 e. The molecule has 2 nitrogen and oxygen atoms in total. The molecule has 0 unspecified atom stereocenters. The van der Waals surface area contributed by atoms with Gasteiger partial charge in [0.15, 0.2) is 4.80 Å². The summed E-state index contributed by atoms with van der Waals surface area (Å²) in [6, 6.07) is 6.01. The minimum atomic E-state index is -0.00428. The largest absolute Gasteiger partial charge is 0.316 e. The monoisotopic (exact) mass is 458 g/mol. The highest BCUT2D eigenvalue weighted by atomic mass is 79.9. The molecule has 0 amide bonds. The summed E-state index contributed by atoms with van der Waals surface area (Å²) in [4.78, 5) is 5.64. The van der Waals surface area contributed by atoms with Gasteiger partial charge in [-0.05, 0) is 30.5 Å². The number of thiazole rings is 1. The molecule has 1 heterocycles. The first kappa shape index (κ1) is 20.5. The first-order valence-corrected chi connectivity index (χ1v) is 9.62. The van der Waals surface area contributed by atoms with E-state index in [1.807, 2.05) is 24.3 Å². The summed E-state index contributed by atoms with van der Waals surface area (Å²) in [5, 5.41) is 3.44. The van der Waals surface area contributed by atoms with E-state index in [2.05, 4.69) is 34.2 Å². The van der Waals surface area contributed by atoms with Gasteiger partial charge in [-0.2, -0.15) is 0 Å². The van der Waals surface area contributed by atoms with Gasteiger partial charge in [-0.1, -0.05) is 47.8 Å². The summed E-state index contributed by atoms with van der Waals surface area (Å²) in [7, 11) is 0. The number of benzene rings is 1. The van der Waals surface area contributed by atoms with Crippen LogP contribution in [0.1, 0.15) is 30.5 Å². The Morgan fingerprint density at radius 3 is 2.52 bits per heavy atom. The second-order valence-electron chi connectivity index (χ2n) is 6.00. The molecule has 0 atom stereocenters. The molecule has 0 aliphatic heterocycles. The average Bonchev–Trinajstić information content (AvgIpc) is 2.91. The molecule has 0 spiro atoms. The molecule has 25 heavy (non-hydrogen) atoms. The van der Waals surface area contributed by atoms with Crippen LogP contribution in [-0.2, 0) is 12.0 Å². The molecule has 1 fully saturated rings. The lowest BCUT2D eigenvalue weighted by Crippen LogP contribution is -2.39. The van der Waals surface area contributed by atoms with Crippen LogP contribution < -0.4 is 4.80 Å². The van der Waals surface area contributed by atoms with Gasteiger partial charge in [0.2, 0.25) is 0 Å². The summed E-state index contributed by atoms with van der Waals surface area (Å²) in [5.74, 6) is 0. The molecule has 6 heteroatoms. The van der Waals surface area contributed by atoms with Crippen LogP contribution in [0, 0.1) is 0 Å². The van der Waals surface area contributed by atoms with Crippen molar-refractivity contribution in [2.45, 2.75) is 31.2 Å². The van der Waals surface area contributed by atoms with Gasteiger partial charge >= 0.3 is 0 Å². The smallest absolute Gasteiger partial charge is 0.185 e. The zero-order valence-electron chi connectivity index (χ0n) is 13.9. The summed E-state index contributed by atoms with van der Waals surface area (Å²) in [6.45, 7) is 9.03. The van der Waals surface area contributed by atoms with Gasteiger partial charge in [0.1, 0.15) is 0 Å². The molecule has 2 aromatic rings. The normalized spacial score (nSPS) is 16.0. The van der Waals surface area contributed by atoms with Gasteiger partial charge in [-0.3, -0.25) is 4.99 Å². The molecule has 1 saturated carbocycles. The molecule has 3 rings (SSSR count). The van der Waals surface area contributed by atoms with Gasteiger partial charge < -0.3 is 4.57 Å². The van der Waals surface area contributed by atoms with Gasteiger partial charge in [0, 0.05) is 23.0 Å². The van der Waals surface area contributed by atoms with Crippen LogP contribution in [0.15, 0.2) is 53.9 Å². The van der Waals surface area contributed by atoms with Crippen molar-refractivity contribution in [3.63, 3.8) is 0 Å². The van der Waals surface area contributed by atoms with E-state index < -0.39 is 0 Å². The third-order valence-electron chi connectivity index (χ3n) is 4.63.